The van der Waals surface area contributed by atoms with Crippen molar-refractivity contribution in [3.05, 3.63) is 113 Å². The molecule has 1 N–H and O–H groups in total. The van der Waals surface area contributed by atoms with Crippen molar-refractivity contribution >= 4 is 29.0 Å². The van der Waals surface area contributed by atoms with E-state index in [9.17, 15) is 19.5 Å². The normalized spacial score (nSPS) is 28.7. The molecule has 0 bridgehead atoms. The number of imide groups is 1. The van der Waals surface area contributed by atoms with Gasteiger partial charge in [0.15, 0.2) is 23.1 Å². The number of phenols is 1. The zero-order chi connectivity index (χ0) is 32.2. The van der Waals surface area contributed by atoms with Gasteiger partial charge < -0.3 is 9.84 Å². The van der Waals surface area contributed by atoms with Crippen LogP contribution in [0.3, 0.4) is 0 Å². The lowest BCUT2D eigenvalue weighted by Crippen LogP contribution is -2.58. The van der Waals surface area contributed by atoms with E-state index < -0.39 is 35.0 Å². The van der Waals surface area contributed by atoms with Gasteiger partial charge in [-0.1, -0.05) is 85.3 Å². The van der Waals surface area contributed by atoms with E-state index in [4.69, 9.17) is 4.74 Å². The van der Waals surface area contributed by atoms with Crippen molar-refractivity contribution in [1.29, 1.82) is 0 Å². The van der Waals surface area contributed by atoms with E-state index in [0.717, 1.165) is 11.1 Å². The number of ketones is 2. The summed E-state index contributed by atoms with van der Waals surface area (Å²) in [6.07, 6.45) is 4.88. The molecular formula is C39H37NO6. The SMILES string of the molecule is CCCN1C(=O)[C@H]2[C@H](CC=C3[C@H]2C[C@H]2C(=O)C(c4ccccc4)=CC(=O)[C@@]2(c2ccccc2)[C@H]3c2ccc(O)c(OCC)c2)C1=O. The van der Waals surface area contributed by atoms with Crippen LogP contribution in [-0.4, -0.2) is 46.5 Å². The van der Waals surface area contributed by atoms with Crippen molar-refractivity contribution < 1.29 is 29.0 Å². The molecular weight excluding hydrogens is 578 g/mol. The Bertz CT molecular complexity index is 1790. The largest absolute Gasteiger partial charge is 0.504 e. The van der Waals surface area contributed by atoms with E-state index >= 15 is 4.79 Å². The molecule has 2 amide bonds. The standard InChI is InChI=1S/C39H37NO6/c1-3-19-40-37(44)27-17-16-26-29(34(27)38(40)45)21-30-36(43)28(23-11-7-5-8-12-23)22-33(42)39(30,25-13-9-6-10-14-25)35(26)24-15-18-31(41)32(20-24)46-4-2/h5-16,18,20,22,27,29-30,34-35,41H,3-4,17,19,21H2,1-2H3/t27-,29+,30-,34-,35-,39-/m0/s1. The number of benzene rings is 3. The van der Waals surface area contributed by atoms with Gasteiger partial charge in [0, 0.05) is 24.0 Å². The number of carbonyl (C=O) groups excluding carboxylic acids is 4. The number of allylic oxidation sites excluding steroid dienone is 4. The summed E-state index contributed by atoms with van der Waals surface area (Å²) in [4.78, 5) is 58.9. The molecule has 7 heteroatoms. The highest BCUT2D eigenvalue weighted by Crippen LogP contribution is 2.64. The number of carbonyl (C=O) groups is 4. The molecule has 7 nitrogen and oxygen atoms in total. The minimum absolute atomic E-state index is 0.0231. The van der Waals surface area contributed by atoms with E-state index in [1.165, 1.54) is 11.0 Å². The molecule has 1 saturated carbocycles. The Balaban J connectivity index is 1.50. The van der Waals surface area contributed by atoms with Gasteiger partial charge in [0.2, 0.25) is 11.8 Å². The van der Waals surface area contributed by atoms with E-state index in [2.05, 4.69) is 6.08 Å². The fourth-order valence-corrected chi connectivity index (χ4v) is 8.74. The summed E-state index contributed by atoms with van der Waals surface area (Å²) < 4.78 is 5.80. The minimum atomic E-state index is -1.32. The van der Waals surface area contributed by atoms with Crippen LogP contribution in [-0.2, 0) is 24.6 Å². The van der Waals surface area contributed by atoms with Gasteiger partial charge in [-0.15, -0.1) is 0 Å². The van der Waals surface area contributed by atoms with Gasteiger partial charge in [0.05, 0.1) is 23.9 Å². The molecule has 7 rings (SSSR count). The number of fused-ring (bicyclic) bond motifs is 4. The Labute approximate surface area is 268 Å². The highest BCUT2D eigenvalue weighted by atomic mass is 16.5. The second-order valence-electron chi connectivity index (χ2n) is 12.8. The quantitative estimate of drug-likeness (QED) is 0.258. The summed E-state index contributed by atoms with van der Waals surface area (Å²) in [5.74, 6) is -3.36. The molecule has 0 spiro atoms. The third-order valence-corrected chi connectivity index (χ3v) is 10.5. The molecule has 3 aromatic carbocycles. The zero-order valence-corrected chi connectivity index (χ0v) is 26.0. The summed E-state index contributed by atoms with van der Waals surface area (Å²) >= 11 is 0. The molecule has 2 fully saturated rings. The smallest absolute Gasteiger partial charge is 0.233 e. The Morgan fingerprint density at radius 1 is 0.891 bits per heavy atom. The number of rotatable bonds is 7. The van der Waals surface area contributed by atoms with Crippen LogP contribution in [0.15, 0.2) is 96.6 Å². The van der Waals surface area contributed by atoms with Gasteiger partial charge in [-0.2, -0.15) is 0 Å². The van der Waals surface area contributed by atoms with E-state index in [-0.39, 0.29) is 41.3 Å². The molecule has 0 radical (unpaired) electrons. The van der Waals surface area contributed by atoms with Crippen molar-refractivity contribution in [2.75, 3.05) is 13.2 Å². The Morgan fingerprint density at radius 2 is 1.61 bits per heavy atom. The van der Waals surface area contributed by atoms with Crippen LogP contribution in [0, 0.1) is 23.7 Å². The fourth-order valence-electron chi connectivity index (χ4n) is 8.74. The van der Waals surface area contributed by atoms with Gasteiger partial charge in [-0.3, -0.25) is 24.1 Å². The number of hydrogen-bond acceptors (Lipinski definition) is 6. The molecule has 1 aliphatic heterocycles. The summed E-state index contributed by atoms with van der Waals surface area (Å²) in [6, 6.07) is 23.8. The third-order valence-electron chi connectivity index (χ3n) is 10.5. The maximum absolute atomic E-state index is 15.0. The van der Waals surface area contributed by atoms with E-state index in [1.54, 1.807) is 18.2 Å². The maximum atomic E-state index is 15.0. The molecule has 46 heavy (non-hydrogen) atoms. The van der Waals surface area contributed by atoms with Crippen molar-refractivity contribution in [3.8, 4) is 11.5 Å². The van der Waals surface area contributed by atoms with Gasteiger partial charge in [0.25, 0.3) is 0 Å². The number of ether oxygens (including phenoxy) is 1. The first-order valence-electron chi connectivity index (χ1n) is 16.2. The predicted molar refractivity (Wildman–Crippen MR) is 173 cm³/mol. The molecule has 3 aromatic rings. The number of phenolic OH excluding ortho intramolecular Hbond substituents is 1. The molecule has 3 aliphatic carbocycles. The van der Waals surface area contributed by atoms with Crippen LogP contribution >= 0.6 is 0 Å². The Kier molecular flexibility index (Phi) is 7.50. The average molecular weight is 616 g/mol. The van der Waals surface area contributed by atoms with Gasteiger partial charge in [-0.05, 0) is 67.0 Å². The number of likely N-dealkylation sites (tertiary alicyclic amines) is 1. The van der Waals surface area contributed by atoms with Crippen molar-refractivity contribution in [2.24, 2.45) is 23.7 Å². The van der Waals surface area contributed by atoms with Gasteiger partial charge in [-0.25, -0.2) is 0 Å². The van der Waals surface area contributed by atoms with Crippen LogP contribution < -0.4 is 4.74 Å². The molecule has 4 aliphatic rings. The first-order valence-corrected chi connectivity index (χ1v) is 16.2. The summed E-state index contributed by atoms with van der Waals surface area (Å²) in [5, 5.41) is 10.7. The summed E-state index contributed by atoms with van der Waals surface area (Å²) in [6.45, 7) is 4.47. The topological polar surface area (TPSA) is 101 Å². The third kappa shape index (κ3) is 4.32. The zero-order valence-electron chi connectivity index (χ0n) is 26.0. The minimum Gasteiger partial charge on any atom is -0.504 e. The fraction of sp³-hybridized carbons (Fsp3) is 0.333. The van der Waals surface area contributed by atoms with Crippen LogP contribution in [0.1, 0.15) is 55.7 Å². The average Bonchev–Trinajstić information content (AvgIpc) is 3.32. The number of aromatic hydroxyl groups is 1. The lowest BCUT2D eigenvalue weighted by Gasteiger charge is -2.55. The molecule has 0 aromatic heterocycles. The van der Waals surface area contributed by atoms with Crippen LogP contribution in [0.5, 0.6) is 11.5 Å². The van der Waals surface area contributed by atoms with Crippen LogP contribution in [0.2, 0.25) is 0 Å². The maximum Gasteiger partial charge on any atom is 0.233 e. The molecule has 0 unspecified atom stereocenters. The molecule has 234 valence electrons. The first kappa shape index (κ1) is 29.9. The Morgan fingerprint density at radius 3 is 2.30 bits per heavy atom. The predicted octanol–water partition coefficient (Wildman–Crippen LogP) is 6.03. The number of hydrogen-bond donors (Lipinski definition) is 1. The van der Waals surface area contributed by atoms with Crippen molar-refractivity contribution in [2.45, 2.75) is 44.4 Å². The van der Waals surface area contributed by atoms with Gasteiger partial charge in [0.1, 0.15) is 0 Å². The van der Waals surface area contributed by atoms with E-state index in [1.807, 2.05) is 74.5 Å². The van der Waals surface area contributed by atoms with Crippen LogP contribution in [0.4, 0.5) is 0 Å². The van der Waals surface area contributed by atoms with Gasteiger partial charge >= 0.3 is 0 Å². The summed E-state index contributed by atoms with van der Waals surface area (Å²) in [5.41, 5.74) is 2.05. The molecule has 6 atom stereocenters. The second kappa shape index (κ2) is 11.5. The van der Waals surface area contributed by atoms with Crippen molar-refractivity contribution in [3.63, 3.8) is 0 Å². The number of nitrogens with zero attached hydrogens (tertiary/aromatic N) is 1. The lowest BCUT2D eigenvalue weighted by molar-refractivity contribution is -0.140. The first-order chi connectivity index (χ1) is 22.3. The highest BCUT2D eigenvalue weighted by molar-refractivity contribution is 6.31. The number of Topliss-reactive ketones (excluding diaryl/α,β-unsaturated/α-hetero) is 1. The van der Waals surface area contributed by atoms with Crippen LogP contribution in [0.25, 0.3) is 5.57 Å². The second-order valence-corrected chi connectivity index (χ2v) is 12.8. The Hall–Kier alpha value is -4.78. The summed E-state index contributed by atoms with van der Waals surface area (Å²) in [7, 11) is 0. The molecule has 1 saturated heterocycles. The lowest BCUT2D eigenvalue weighted by atomic mass is 9.44. The highest BCUT2D eigenvalue weighted by Gasteiger charge is 2.65. The monoisotopic (exact) mass is 615 g/mol. The number of amides is 2. The van der Waals surface area contributed by atoms with E-state index in [0.29, 0.717) is 42.7 Å². The van der Waals surface area contributed by atoms with Crippen molar-refractivity contribution in [1.82, 2.24) is 4.90 Å². The molecule has 1 heterocycles.